The molecule has 11 heteroatoms. The van der Waals surface area contributed by atoms with Crippen LogP contribution in [0.3, 0.4) is 0 Å². The van der Waals surface area contributed by atoms with Gasteiger partial charge in [0.25, 0.3) is 5.91 Å². The zero-order valence-electron chi connectivity index (χ0n) is 16.7. The molecule has 8 nitrogen and oxygen atoms in total. The second kappa shape index (κ2) is 9.82. The van der Waals surface area contributed by atoms with Crippen molar-refractivity contribution < 1.29 is 32.9 Å². The Kier molecular flexibility index (Phi) is 7.38. The lowest BCUT2D eigenvalue weighted by molar-refractivity contribution is -0.131. The highest BCUT2D eigenvalue weighted by Crippen LogP contribution is 2.37. The van der Waals surface area contributed by atoms with E-state index in [0.717, 1.165) is 0 Å². The summed E-state index contributed by atoms with van der Waals surface area (Å²) in [5, 5.41) is 2.46. The van der Waals surface area contributed by atoms with Gasteiger partial charge in [-0.1, -0.05) is 18.2 Å². The quantitative estimate of drug-likeness (QED) is 0.559. The fraction of sp³-hybridized carbons (Fsp3) is 0.300. The molecule has 0 radical (unpaired) electrons. The lowest BCUT2D eigenvalue weighted by Gasteiger charge is -2.25. The normalized spacial score (nSPS) is 17.2. The highest BCUT2D eigenvalue weighted by atomic mass is 32.2. The summed E-state index contributed by atoms with van der Waals surface area (Å²) in [5.41, 5.74) is 1.20. The topological polar surface area (TPSA) is 116 Å². The third-order valence-electron chi connectivity index (χ3n) is 4.64. The Balaban J connectivity index is 1.66. The summed E-state index contributed by atoms with van der Waals surface area (Å²) in [6.45, 7) is 2.01. The maximum Gasteiger partial charge on any atom is 0.524 e. The fourth-order valence-electron chi connectivity index (χ4n) is 3.11. The van der Waals surface area contributed by atoms with Crippen molar-refractivity contribution >= 4 is 31.4 Å². The van der Waals surface area contributed by atoms with Crippen molar-refractivity contribution in [1.29, 1.82) is 0 Å². The van der Waals surface area contributed by atoms with Crippen LogP contribution in [-0.2, 0) is 15.9 Å². The van der Waals surface area contributed by atoms with E-state index in [4.69, 9.17) is 9.79 Å². The summed E-state index contributed by atoms with van der Waals surface area (Å²) in [7, 11) is -4.68. The number of benzene rings is 2. The van der Waals surface area contributed by atoms with Gasteiger partial charge in [0, 0.05) is 29.8 Å². The Hall–Kier alpha value is -2.39. The van der Waals surface area contributed by atoms with Gasteiger partial charge in [-0.05, 0) is 36.8 Å². The van der Waals surface area contributed by atoms with Crippen LogP contribution in [0.5, 0.6) is 5.75 Å². The average Bonchev–Trinajstić information content (AvgIpc) is 2.86. The first-order valence-electron chi connectivity index (χ1n) is 9.42. The standard InChI is InChI=1S/C20H22FN2O6PS/c1-13-3-2-4-15(19(13)21)11-23-12-17(31-10-9-18(23)24)22-20(25)14-5-7-16(8-6-14)29-30(26,27)28/h2-8,17H,9-12H2,1H3,(H,22,25)(H2,26,27,28). The minimum Gasteiger partial charge on any atom is -0.404 e. The predicted octanol–water partition coefficient (Wildman–Crippen LogP) is 2.83. The molecule has 0 aliphatic carbocycles. The van der Waals surface area contributed by atoms with E-state index < -0.39 is 19.1 Å². The second-order valence-corrected chi connectivity index (χ2v) is 9.49. The summed E-state index contributed by atoms with van der Waals surface area (Å²) in [4.78, 5) is 44.2. The molecular weight excluding hydrogens is 446 g/mol. The van der Waals surface area contributed by atoms with Crippen LogP contribution in [-0.4, -0.2) is 44.2 Å². The predicted molar refractivity (Wildman–Crippen MR) is 114 cm³/mol. The van der Waals surface area contributed by atoms with Crippen molar-refractivity contribution in [3.63, 3.8) is 0 Å². The number of amides is 2. The Labute approximate surface area is 183 Å². The molecule has 1 saturated heterocycles. The molecule has 3 N–H and O–H groups in total. The Bertz CT molecular complexity index is 1010. The SMILES string of the molecule is Cc1cccc(CN2CC(NC(=O)c3ccc(OP(=O)(O)O)cc3)SCCC2=O)c1F. The van der Waals surface area contributed by atoms with Crippen LogP contribution in [0.1, 0.15) is 27.9 Å². The molecule has 31 heavy (non-hydrogen) atoms. The van der Waals surface area contributed by atoms with Crippen molar-refractivity contribution in [2.45, 2.75) is 25.3 Å². The van der Waals surface area contributed by atoms with Gasteiger partial charge in [-0.15, -0.1) is 11.8 Å². The molecule has 2 aromatic rings. The van der Waals surface area contributed by atoms with Gasteiger partial charge in [0.1, 0.15) is 11.6 Å². The maximum atomic E-state index is 14.4. The number of rotatable bonds is 6. The minimum atomic E-state index is -4.68. The zero-order chi connectivity index (χ0) is 22.6. The Morgan fingerprint density at radius 1 is 1.29 bits per heavy atom. The van der Waals surface area contributed by atoms with E-state index in [1.807, 2.05) is 0 Å². The molecule has 0 bridgehead atoms. The molecule has 1 unspecified atom stereocenters. The summed E-state index contributed by atoms with van der Waals surface area (Å²) in [5.74, 6) is -0.400. The molecule has 2 amide bonds. The number of nitrogens with zero attached hydrogens (tertiary/aromatic N) is 1. The van der Waals surface area contributed by atoms with Crippen LogP contribution in [0.4, 0.5) is 4.39 Å². The summed E-state index contributed by atoms with van der Waals surface area (Å²) >= 11 is 1.43. The molecule has 166 valence electrons. The van der Waals surface area contributed by atoms with Crippen molar-refractivity contribution in [2.24, 2.45) is 0 Å². The smallest absolute Gasteiger partial charge is 0.404 e. The summed E-state index contributed by atoms with van der Waals surface area (Å²) < 4.78 is 29.7. The largest absolute Gasteiger partial charge is 0.524 e. The van der Waals surface area contributed by atoms with Crippen molar-refractivity contribution in [3.05, 3.63) is 65.0 Å². The number of aryl methyl sites for hydroxylation is 1. The number of hydrogen-bond donors (Lipinski definition) is 3. The number of nitrogens with one attached hydrogen (secondary N) is 1. The molecule has 1 heterocycles. The van der Waals surface area contributed by atoms with Gasteiger partial charge < -0.3 is 14.7 Å². The van der Waals surface area contributed by atoms with E-state index in [1.165, 1.54) is 36.0 Å². The van der Waals surface area contributed by atoms with E-state index in [2.05, 4.69) is 9.84 Å². The third kappa shape index (κ3) is 6.54. The minimum absolute atomic E-state index is 0.0642. The van der Waals surface area contributed by atoms with Gasteiger partial charge >= 0.3 is 7.82 Å². The van der Waals surface area contributed by atoms with E-state index in [-0.39, 0.29) is 36.1 Å². The van der Waals surface area contributed by atoms with E-state index in [1.54, 1.807) is 30.0 Å². The van der Waals surface area contributed by atoms with Gasteiger partial charge in [-0.3, -0.25) is 19.4 Å². The van der Waals surface area contributed by atoms with Crippen molar-refractivity contribution in [2.75, 3.05) is 12.3 Å². The van der Waals surface area contributed by atoms with E-state index in [0.29, 0.717) is 23.3 Å². The van der Waals surface area contributed by atoms with Gasteiger partial charge in [0.05, 0.1) is 11.9 Å². The zero-order valence-corrected chi connectivity index (χ0v) is 18.4. The monoisotopic (exact) mass is 468 g/mol. The van der Waals surface area contributed by atoms with Crippen molar-refractivity contribution in [3.8, 4) is 5.75 Å². The van der Waals surface area contributed by atoms with Gasteiger partial charge in [0.15, 0.2) is 0 Å². The van der Waals surface area contributed by atoms with Gasteiger partial charge in [-0.2, -0.15) is 0 Å². The number of carbonyl (C=O) groups is 2. The first-order valence-corrected chi connectivity index (χ1v) is 12.0. The number of hydrogen-bond acceptors (Lipinski definition) is 5. The molecule has 1 atom stereocenters. The van der Waals surface area contributed by atoms with Crippen LogP contribution in [0.2, 0.25) is 0 Å². The molecule has 1 aliphatic rings. The van der Waals surface area contributed by atoms with Gasteiger partial charge in [-0.25, -0.2) is 8.96 Å². The average molecular weight is 468 g/mol. The molecule has 0 spiro atoms. The Morgan fingerprint density at radius 2 is 2.00 bits per heavy atom. The lowest BCUT2D eigenvalue weighted by atomic mass is 10.1. The maximum absolute atomic E-state index is 14.4. The second-order valence-electron chi connectivity index (χ2n) is 7.01. The van der Waals surface area contributed by atoms with E-state index in [9.17, 15) is 18.5 Å². The summed E-state index contributed by atoms with van der Waals surface area (Å²) in [6.07, 6.45) is 0.291. The molecular formula is C20H22FN2O6PS. The first kappa shape index (κ1) is 23.3. The molecule has 1 fully saturated rings. The van der Waals surface area contributed by atoms with Crippen LogP contribution >= 0.6 is 19.6 Å². The molecule has 2 aromatic carbocycles. The molecule has 0 aromatic heterocycles. The number of carbonyl (C=O) groups excluding carboxylic acids is 2. The number of halogens is 1. The van der Waals surface area contributed by atoms with Crippen LogP contribution in [0.15, 0.2) is 42.5 Å². The van der Waals surface area contributed by atoms with Gasteiger partial charge in [0.2, 0.25) is 5.91 Å². The molecule has 3 rings (SSSR count). The van der Waals surface area contributed by atoms with Crippen LogP contribution in [0.25, 0.3) is 0 Å². The lowest BCUT2D eigenvalue weighted by Crippen LogP contribution is -2.42. The number of phosphoric acid groups is 1. The van der Waals surface area contributed by atoms with Crippen LogP contribution in [0, 0.1) is 12.7 Å². The highest BCUT2D eigenvalue weighted by Gasteiger charge is 2.26. The van der Waals surface area contributed by atoms with Crippen LogP contribution < -0.4 is 9.84 Å². The molecule has 1 aliphatic heterocycles. The number of phosphoric ester groups is 1. The van der Waals surface area contributed by atoms with E-state index >= 15 is 0 Å². The first-order chi connectivity index (χ1) is 14.6. The highest BCUT2D eigenvalue weighted by molar-refractivity contribution is 7.99. The Morgan fingerprint density at radius 3 is 2.68 bits per heavy atom. The third-order valence-corrected chi connectivity index (χ3v) is 6.20. The van der Waals surface area contributed by atoms with Crippen molar-refractivity contribution in [1.82, 2.24) is 10.2 Å². The summed E-state index contributed by atoms with van der Waals surface area (Å²) in [6, 6.07) is 10.4. The molecule has 0 saturated carbocycles. The number of thioether (sulfide) groups is 1. The fourth-order valence-corrected chi connectivity index (χ4v) is 4.56.